The van der Waals surface area contributed by atoms with Crippen molar-refractivity contribution in [3.05, 3.63) is 23.5 Å². The molecule has 2 aliphatic rings. The largest absolute Gasteiger partial charge is 0.141 e. The van der Waals surface area contributed by atoms with Crippen LogP contribution in [0, 0.1) is 47.4 Å². The summed E-state index contributed by atoms with van der Waals surface area (Å²) in [5.41, 5.74) is 1.55. The van der Waals surface area contributed by atoms with Gasteiger partial charge in [-0.15, -0.1) is 10.2 Å². The van der Waals surface area contributed by atoms with Crippen molar-refractivity contribution in [3.8, 4) is 23.7 Å². The topological polar surface area (TPSA) is 25.8 Å². The summed E-state index contributed by atoms with van der Waals surface area (Å²) in [6.07, 6.45) is 12.9. The zero-order valence-corrected chi connectivity index (χ0v) is 16.4. The standard InChI is InChI=1S/C24H32N2/c1-3-19-5-9-21(10-6-19)13-15-23-17-18-24(26-25-23)16-14-22-11-7-20(4-2)8-12-22/h17-22H,3-12H2,1-2H3/t19-,20-,21-,22-. The van der Waals surface area contributed by atoms with E-state index in [1.54, 1.807) is 0 Å². The van der Waals surface area contributed by atoms with Crippen LogP contribution in [0.4, 0.5) is 0 Å². The Labute approximate surface area is 159 Å². The fourth-order valence-electron chi connectivity index (χ4n) is 4.25. The predicted octanol–water partition coefficient (Wildman–Crippen LogP) is 5.61. The van der Waals surface area contributed by atoms with E-state index in [0.717, 1.165) is 23.2 Å². The van der Waals surface area contributed by atoms with Crippen LogP contribution in [0.5, 0.6) is 0 Å². The molecule has 0 amide bonds. The first kappa shape index (κ1) is 19.0. The second kappa shape index (κ2) is 9.78. The van der Waals surface area contributed by atoms with Crippen LogP contribution in [-0.4, -0.2) is 10.2 Å². The lowest BCUT2D eigenvalue weighted by atomic mass is 9.81. The molecule has 0 spiro atoms. The Morgan fingerprint density at radius 2 is 1.08 bits per heavy atom. The van der Waals surface area contributed by atoms with E-state index in [4.69, 9.17) is 0 Å². The van der Waals surface area contributed by atoms with E-state index in [1.165, 1.54) is 64.2 Å². The summed E-state index contributed by atoms with van der Waals surface area (Å²) in [5, 5.41) is 8.51. The van der Waals surface area contributed by atoms with Crippen molar-refractivity contribution in [2.24, 2.45) is 23.7 Å². The fraction of sp³-hybridized carbons (Fsp3) is 0.667. The maximum atomic E-state index is 4.26. The SMILES string of the molecule is CC[C@H]1CC[C@H](C#Cc2ccc(C#C[C@H]3CC[C@H](CC)CC3)nn2)CC1. The van der Waals surface area contributed by atoms with Crippen LogP contribution in [-0.2, 0) is 0 Å². The second-order valence-electron chi connectivity index (χ2n) is 8.09. The first-order chi connectivity index (χ1) is 12.8. The Kier molecular flexibility index (Phi) is 7.13. The van der Waals surface area contributed by atoms with Crippen LogP contribution in [0.1, 0.15) is 89.4 Å². The van der Waals surface area contributed by atoms with Gasteiger partial charge in [0, 0.05) is 11.8 Å². The number of aromatic nitrogens is 2. The Hall–Kier alpha value is -1.80. The summed E-state index contributed by atoms with van der Waals surface area (Å²) < 4.78 is 0. The molecule has 138 valence electrons. The molecule has 0 bridgehead atoms. The Morgan fingerprint density at radius 3 is 1.38 bits per heavy atom. The summed E-state index contributed by atoms with van der Waals surface area (Å²) >= 11 is 0. The van der Waals surface area contributed by atoms with Crippen LogP contribution in [0.2, 0.25) is 0 Å². The zero-order chi connectivity index (χ0) is 18.2. The lowest BCUT2D eigenvalue weighted by molar-refractivity contribution is 0.309. The minimum Gasteiger partial charge on any atom is -0.141 e. The fourth-order valence-corrected chi connectivity index (χ4v) is 4.25. The van der Waals surface area contributed by atoms with Gasteiger partial charge in [-0.3, -0.25) is 0 Å². The Bertz CT molecular complexity index is 606. The molecule has 2 nitrogen and oxygen atoms in total. The molecule has 0 unspecified atom stereocenters. The van der Waals surface area contributed by atoms with Crippen molar-refractivity contribution in [3.63, 3.8) is 0 Å². The summed E-state index contributed by atoms with van der Waals surface area (Å²) in [4.78, 5) is 0. The highest BCUT2D eigenvalue weighted by Gasteiger charge is 2.19. The monoisotopic (exact) mass is 348 g/mol. The molecule has 0 N–H and O–H groups in total. The maximum Gasteiger partial charge on any atom is 0.135 e. The molecule has 26 heavy (non-hydrogen) atoms. The van der Waals surface area contributed by atoms with Crippen LogP contribution in [0.25, 0.3) is 0 Å². The van der Waals surface area contributed by atoms with E-state index < -0.39 is 0 Å². The minimum absolute atomic E-state index is 0.539. The van der Waals surface area contributed by atoms with Gasteiger partial charge in [0.25, 0.3) is 0 Å². The van der Waals surface area contributed by atoms with Gasteiger partial charge in [-0.25, -0.2) is 0 Å². The predicted molar refractivity (Wildman–Crippen MR) is 107 cm³/mol. The molecule has 2 fully saturated rings. The molecule has 1 aromatic rings. The highest BCUT2D eigenvalue weighted by molar-refractivity contribution is 5.32. The smallest absolute Gasteiger partial charge is 0.135 e. The van der Waals surface area contributed by atoms with Crippen LogP contribution in [0.3, 0.4) is 0 Å². The highest BCUT2D eigenvalue weighted by Crippen LogP contribution is 2.30. The summed E-state index contributed by atoms with van der Waals surface area (Å²) in [7, 11) is 0. The van der Waals surface area contributed by atoms with Gasteiger partial charge in [0.15, 0.2) is 0 Å². The van der Waals surface area contributed by atoms with E-state index in [0.29, 0.717) is 11.8 Å². The van der Waals surface area contributed by atoms with Gasteiger partial charge in [0.1, 0.15) is 11.4 Å². The van der Waals surface area contributed by atoms with E-state index in [-0.39, 0.29) is 0 Å². The van der Waals surface area contributed by atoms with E-state index in [1.807, 2.05) is 12.1 Å². The first-order valence-corrected chi connectivity index (χ1v) is 10.6. The third-order valence-electron chi connectivity index (χ3n) is 6.32. The number of nitrogens with zero attached hydrogens (tertiary/aromatic N) is 2. The van der Waals surface area contributed by atoms with Gasteiger partial charge < -0.3 is 0 Å². The molecule has 3 rings (SSSR count). The Balaban J connectivity index is 1.50. The van der Waals surface area contributed by atoms with Crippen LogP contribution >= 0.6 is 0 Å². The van der Waals surface area contributed by atoms with Crippen molar-refractivity contribution >= 4 is 0 Å². The van der Waals surface area contributed by atoms with Gasteiger partial charge in [0.05, 0.1) is 0 Å². The Morgan fingerprint density at radius 1 is 0.692 bits per heavy atom. The first-order valence-electron chi connectivity index (χ1n) is 10.6. The van der Waals surface area contributed by atoms with Crippen LogP contribution in [0.15, 0.2) is 12.1 Å². The summed E-state index contributed by atoms with van der Waals surface area (Å²) in [5.74, 6) is 16.2. The molecule has 2 saturated carbocycles. The third kappa shape index (κ3) is 5.60. The molecule has 2 heteroatoms. The van der Waals surface area contributed by atoms with Gasteiger partial charge >= 0.3 is 0 Å². The zero-order valence-electron chi connectivity index (χ0n) is 16.4. The number of hydrogen-bond donors (Lipinski definition) is 0. The van der Waals surface area contributed by atoms with Crippen molar-refractivity contribution in [2.45, 2.75) is 78.1 Å². The lowest BCUT2D eigenvalue weighted by Gasteiger charge is -2.24. The molecular formula is C24H32N2. The highest BCUT2D eigenvalue weighted by atomic mass is 15.1. The van der Waals surface area contributed by atoms with Gasteiger partial charge in [-0.2, -0.15) is 0 Å². The van der Waals surface area contributed by atoms with E-state index in [2.05, 4.69) is 47.7 Å². The summed E-state index contributed by atoms with van der Waals surface area (Å²) in [6, 6.07) is 3.94. The molecule has 0 aliphatic heterocycles. The quantitative estimate of drug-likeness (QED) is 0.649. The van der Waals surface area contributed by atoms with Crippen molar-refractivity contribution in [2.75, 3.05) is 0 Å². The van der Waals surface area contributed by atoms with Gasteiger partial charge in [0.2, 0.25) is 0 Å². The molecule has 1 aromatic heterocycles. The van der Waals surface area contributed by atoms with Crippen molar-refractivity contribution in [1.82, 2.24) is 10.2 Å². The third-order valence-corrected chi connectivity index (χ3v) is 6.32. The normalized spacial score (nSPS) is 28.4. The average molecular weight is 349 g/mol. The molecule has 0 atom stereocenters. The number of rotatable bonds is 2. The molecule has 1 heterocycles. The van der Waals surface area contributed by atoms with E-state index >= 15 is 0 Å². The lowest BCUT2D eigenvalue weighted by Crippen LogP contribution is -2.12. The van der Waals surface area contributed by atoms with Crippen molar-refractivity contribution in [1.29, 1.82) is 0 Å². The molecule has 0 radical (unpaired) electrons. The minimum atomic E-state index is 0.539. The average Bonchev–Trinajstić information content (AvgIpc) is 2.72. The molecule has 0 aromatic carbocycles. The van der Waals surface area contributed by atoms with Crippen LogP contribution < -0.4 is 0 Å². The number of hydrogen-bond acceptors (Lipinski definition) is 2. The second-order valence-corrected chi connectivity index (χ2v) is 8.09. The molecule has 0 saturated heterocycles. The van der Waals surface area contributed by atoms with E-state index in [9.17, 15) is 0 Å². The van der Waals surface area contributed by atoms with Gasteiger partial charge in [-0.1, -0.05) is 38.5 Å². The molecular weight excluding hydrogens is 316 g/mol. The van der Waals surface area contributed by atoms with Gasteiger partial charge in [-0.05, 0) is 87.2 Å². The molecule has 2 aliphatic carbocycles. The van der Waals surface area contributed by atoms with Crippen molar-refractivity contribution < 1.29 is 0 Å². The maximum absolute atomic E-state index is 4.26. The summed E-state index contributed by atoms with van der Waals surface area (Å²) in [6.45, 7) is 4.60.